The van der Waals surface area contributed by atoms with Gasteiger partial charge in [-0.1, -0.05) is 29.8 Å². The summed E-state index contributed by atoms with van der Waals surface area (Å²) in [6.07, 6.45) is 3.42. The number of rotatable bonds is 4. The molecular formula is C14H16N2O2. The van der Waals surface area contributed by atoms with E-state index in [9.17, 15) is 4.79 Å². The third-order valence-electron chi connectivity index (χ3n) is 2.66. The summed E-state index contributed by atoms with van der Waals surface area (Å²) in [4.78, 5) is 12.1. The van der Waals surface area contributed by atoms with Crippen molar-refractivity contribution in [3.05, 3.63) is 53.9 Å². The van der Waals surface area contributed by atoms with Crippen LogP contribution in [0.2, 0.25) is 0 Å². The number of ether oxygens (including phenoxy) is 1. The van der Waals surface area contributed by atoms with E-state index < -0.39 is 6.04 Å². The second kappa shape index (κ2) is 5.49. The Kier molecular flexibility index (Phi) is 3.77. The lowest BCUT2D eigenvalue weighted by Gasteiger charge is -2.16. The van der Waals surface area contributed by atoms with Crippen LogP contribution in [-0.4, -0.2) is 22.4 Å². The van der Waals surface area contributed by atoms with E-state index in [2.05, 4.69) is 5.10 Å². The minimum Gasteiger partial charge on any atom is -0.464 e. The van der Waals surface area contributed by atoms with Crippen LogP contribution in [0.4, 0.5) is 0 Å². The minimum atomic E-state index is -0.514. The molecule has 1 aromatic heterocycles. The maximum Gasteiger partial charge on any atom is 0.335 e. The molecule has 0 aliphatic carbocycles. The Morgan fingerprint density at radius 2 is 2.28 bits per heavy atom. The molecule has 94 valence electrons. The van der Waals surface area contributed by atoms with Crippen LogP contribution in [0.25, 0.3) is 0 Å². The standard InChI is InChI=1S/C14H16N2O2/c1-3-18-14(17)13(16-9-5-8-15-16)12-7-4-6-11(2)10-12/h4-10,13H,3H2,1-2H3. The van der Waals surface area contributed by atoms with Gasteiger partial charge in [0.25, 0.3) is 0 Å². The van der Waals surface area contributed by atoms with Crippen LogP contribution in [0.3, 0.4) is 0 Å². The van der Waals surface area contributed by atoms with Crippen LogP contribution >= 0.6 is 0 Å². The van der Waals surface area contributed by atoms with Crippen LogP contribution in [-0.2, 0) is 9.53 Å². The number of carbonyl (C=O) groups is 1. The fourth-order valence-electron chi connectivity index (χ4n) is 1.89. The predicted molar refractivity (Wildman–Crippen MR) is 68.2 cm³/mol. The average molecular weight is 244 g/mol. The highest BCUT2D eigenvalue weighted by Gasteiger charge is 2.24. The minimum absolute atomic E-state index is 0.285. The van der Waals surface area contributed by atoms with Gasteiger partial charge in [0.05, 0.1) is 6.61 Å². The summed E-state index contributed by atoms with van der Waals surface area (Å²) in [5.74, 6) is -0.285. The van der Waals surface area contributed by atoms with Gasteiger partial charge in [0, 0.05) is 12.4 Å². The number of aryl methyl sites for hydroxylation is 1. The summed E-state index contributed by atoms with van der Waals surface area (Å²) in [7, 11) is 0. The summed E-state index contributed by atoms with van der Waals surface area (Å²) in [5, 5.41) is 4.14. The Bertz CT molecular complexity index is 520. The molecule has 2 rings (SSSR count). The molecule has 0 amide bonds. The fraction of sp³-hybridized carbons (Fsp3) is 0.286. The van der Waals surface area contributed by atoms with Crippen LogP contribution in [0.15, 0.2) is 42.7 Å². The fourth-order valence-corrected chi connectivity index (χ4v) is 1.89. The van der Waals surface area contributed by atoms with Gasteiger partial charge in [-0.15, -0.1) is 0 Å². The molecule has 0 aliphatic rings. The average Bonchev–Trinajstić information content (AvgIpc) is 2.83. The normalized spacial score (nSPS) is 12.1. The highest BCUT2D eigenvalue weighted by molar-refractivity contribution is 5.78. The van der Waals surface area contributed by atoms with E-state index in [-0.39, 0.29) is 5.97 Å². The Balaban J connectivity index is 2.39. The Labute approximate surface area is 106 Å². The second-order valence-electron chi connectivity index (χ2n) is 4.05. The molecule has 4 heteroatoms. The quantitative estimate of drug-likeness (QED) is 0.775. The summed E-state index contributed by atoms with van der Waals surface area (Å²) in [6.45, 7) is 4.16. The molecule has 0 fully saturated rings. The molecule has 18 heavy (non-hydrogen) atoms. The molecule has 0 aliphatic heterocycles. The molecule has 4 nitrogen and oxygen atoms in total. The molecular weight excluding hydrogens is 228 g/mol. The van der Waals surface area contributed by atoms with E-state index >= 15 is 0 Å². The largest absolute Gasteiger partial charge is 0.464 e. The van der Waals surface area contributed by atoms with Gasteiger partial charge in [0.1, 0.15) is 0 Å². The van der Waals surface area contributed by atoms with Crippen LogP contribution in [0.5, 0.6) is 0 Å². The second-order valence-corrected chi connectivity index (χ2v) is 4.05. The predicted octanol–water partition coefficient (Wildman–Crippen LogP) is 2.34. The van der Waals surface area contributed by atoms with E-state index in [1.54, 1.807) is 30.1 Å². The SMILES string of the molecule is CCOC(=O)C(c1cccc(C)c1)n1cccn1. The summed E-state index contributed by atoms with van der Waals surface area (Å²) in [6, 6.07) is 9.09. The molecule has 0 N–H and O–H groups in total. The molecule has 0 radical (unpaired) electrons. The van der Waals surface area contributed by atoms with Crippen molar-refractivity contribution < 1.29 is 9.53 Å². The molecule has 1 unspecified atom stereocenters. The number of esters is 1. The first-order valence-corrected chi connectivity index (χ1v) is 5.94. The molecule has 0 spiro atoms. The van der Waals surface area contributed by atoms with Crippen molar-refractivity contribution in [2.24, 2.45) is 0 Å². The zero-order valence-corrected chi connectivity index (χ0v) is 10.5. The lowest BCUT2D eigenvalue weighted by molar-refractivity contribution is -0.146. The van der Waals surface area contributed by atoms with Gasteiger partial charge in [-0.3, -0.25) is 4.68 Å². The monoisotopic (exact) mass is 244 g/mol. The molecule has 0 saturated heterocycles. The molecule has 1 heterocycles. The van der Waals surface area contributed by atoms with Crippen molar-refractivity contribution >= 4 is 5.97 Å². The summed E-state index contributed by atoms with van der Waals surface area (Å²) < 4.78 is 6.74. The first-order valence-electron chi connectivity index (χ1n) is 5.94. The molecule has 0 bridgehead atoms. The number of hydrogen-bond donors (Lipinski definition) is 0. The van der Waals surface area contributed by atoms with Crippen molar-refractivity contribution in [2.75, 3.05) is 6.61 Å². The number of benzene rings is 1. The van der Waals surface area contributed by atoms with Gasteiger partial charge in [-0.2, -0.15) is 5.10 Å². The molecule has 1 atom stereocenters. The number of hydrogen-bond acceptors (Lipinski definition) is 3. The smallest absolute Gasteiger partial charge is 0.335 e. The van der Waals surface area contributed by atoms with E-state index in [0.717, 1.165) is 11.1 Å². The highest BCUT2D eigenvalue weighted by atomic mass is 16.5. The number of nitrogens with zero attached hydrogens (tertiary/aromatic N) is 2. The van der Waals surface area contributed by atoms with Crippen molar-refractivity contribution in [3.63, 3.8) is 0 Å². The molecule has 1 aromatic carbocycles. The zero-order valence-electron chi connectivity index (χ0n) is 10.5. The van der Waals surface area contributed by atoms with E-state index in [4.69, 9.17) is 4.74 Å². The van der Waals surface area contributed by atoms with Crippen LogP contribution < -0.4 is 0 Å². The van der Waals surface area contributed by atoms with E-state index in [0.29, 0.717) is 6.61 Å². The highest BCUT2D eigenvalue weighted by Crippen LogP contribution is 2.20. The van der Waals surface area contributed by atoms with Gasteiger partial charge in [0.2, 0.25) is 0 Å². The number of carbonyl (C=O) groups excluding carboxylic acids is 1. The van der Waals surface area contributed by atoms with Crippen LogP contribution in [0.1, 0.15) is 24.1 Å². The van der Waals surface area contributed by atoms with Gasteiger partial charge >= 0.3 is 5.97 Å². The lowest BCUT2D eigenvalue weighted by Crippen LogP contribution is -2.23. The first-order chi connectivity index (χ1) is 8.72. The van der Waals surface area contributed by atoms with E-state index in [1.807, 2.05) is 31.2 Å². The summed E-state index contributed by atoms with van der Waals surface area (Å²) in [5.41, 5.74) is 1.99. The third kappa shape index (κ3) is 2.59. The molecule has 2 aromatic rings. The van der Waals surface area contributed by atoms with Crippen molar-refractivity contribution in [1.82, 2.24) is 9.78 Å². The summed E-state index contributed by atoms with van der Waals surface area (Å²) >= 11 is 0. The topological polar surface area (TPSA) is 44.1 Å². The lowest BCUT2D eigenvalue weighted by atomic mass is 10.0. The van der Waals surface area contributed by atoms with Crippen molar-refractivity contribution in [2.45, 2.75) is 19.9 Å². The van der Waals surface area contributed by atoms with Crippen molar-refractivity contribution in [1.29, 1.82) is 0 Å². The zero-order chi connectivity index (χ0) is 13.0. The van der Waals surface area contributed by atoms with Crippen LogP contribution in [0, 0.1) is 6.92 Å². The number of aromatic nitrogens is 2. The third-order valence-corrected chi connectivity index (χ3v) is 2.66. The Morgan fingerprint density at radius 3 is 2.89 bits per heavy atom. The van der Waals surface area contributed by atoms with Gasteiger partial charge in [-0.25, -0.2) is 4.79 Å². The van der Waals surface area contributed by atoms with Gasteiger partial charge in [-0.05, 0) is 25.5 Å². The Hall–Kier alpha value is -2.10. The van der Waals surface area contributed by atoms with Crippen molar-refractivity contribution in [3.8, 4) is 0 Å². The maximum absolute atomic E-state index is 12.1. The Morgan fingerprint density at radius 1 is 1.44 bits per heavy atom. The maximum atomic E-state index is 12.1. The van der Waals surface area contributed by atoms with E-state index in [1.165, 1.54) is 0 Å². The van der Waals surface area contributed by atoms with Gasteiger partial charge < -0.3 is 4.74 Å². The first kappa shape index (κ1) is 12.4. The van der Waals surface area contributed by atoms with Gasteiger partial charge in [0.15, 0.2) is 6.04 Å². The molecule has 0 saturated carbocycles.